The number of hydrogen-bond donors (Lipinski definition) is 2. The molecule has 0 amide bonds. The van der Waals surface area contributed by atoms with Crippen molar-refractivity contribution in [3.05, 3.63) is 26.6 Å². The van der Waals surface area contributed by atoms with Gasteiger partial charge in [0.1, 0.15) is 5.82 Å². The molecule has 0 aliphatic rings. The molecule has 0 saturated carbocycles. The van der Waals surface area contributed by atoms with Crippen molar-refractivity contribution in [2.45, 2.75) is 26.2 Å². The Hall–Kier alpha value is -1.96. The van der Waals surface area contributed by atoms with Crippen molar-refractivity contribution in [2.24, 2.45) is 0 Å². The van der Waals surface area contributed by atoms with Gasteiger partial charge in [0.05, 0.1) is 0 Å². The van der Waals surface area contributed by atoms with Gasteiger partial charge in [-0.1, -0.05) is 25.2 Å². The Morgan fingerprint density at radius 2 is 2.10 bits per heavy atom. The zero-order valence-electron chi connectivity index (χ0n) is 12.7. The summed E-state index contributed by atoms with van der Waals surface area (Å²) in [6.07, 6.45) is 0.721. The molecule has 0 aromatic carbocycles. The Morgan fingerprint density at radius 1 is 1.33 bits per heavy atom. The van der Waals surface area contributed by atoms with Crippen molar-refractivity contribution in [2.75, 3.05) is 30.9 Å². The molecule has 0 atom stereocenters. The standard InChI is InChI=1S/C13H20N6OS/c1-8(2)10-16-11(18-12(17-10)19(3)4)14-6-5-9-7-21-13(20)15-9/h7-8H,5-6H2,1-4H3,(H,15,20)(H,14,16,17,18). The van der Waals surface area contributed by atoms with Crippen molar-refractivity contribution >= 4 is 23.2 Å². The maximum Gasteiger partial charge on any atom is 0.304 e. The summed E-state index contributed by atoms with van der Waals surface area (Å²) < 4.78 is 0. The van der Waals surface area contributed by atoms with Crippen LogP contribution in [0.1, 0.15) is 31.3 Å². The van der Waals surface area contributed by atoms with Crippen molar-refractivity contribution in [3.8, 4) is 0 Å². The van der Waals surface area contributed by atoms with E-state index < -0.39 is 0 Å². The van der Waals surface area contributed by atoms with E-state index in [-0.39, 0.29) is 10.8 Å². The highest BCUT2D eigenvalue weighted by Crippen LogP contribution is 2.14. The maximum atomic E-state index is 11.1. The van der Waals surface area contributed by atoms with Gasteiger partial charge in [0.15, 0.2) is 0 Å². The fraction of sp³-hybridized carbons (Fsp3) is 0.538. The predicted octanol–water partition coefficient (Wildman–Crippen LogP) is 1.47. The number of aromatic amines is 1. The van der Waals surface area contributed by atoms with Crippen LogP contribution in [0.3, 0.4) is 0 Å². The van der Waals surface area contributed by atoms with Gasteiger partial charge in [-0.15, -0.1) is 0 Å². The van der Waals surface area contributed by atoms with Crippen LogP contribution < -0.4 is 15.1 Å². The summed E-state index contributed by atoms with van der Waals surface area (Å²) in [5, 5.41) is 5.02. The zero-order valence-corrected chi connectivity index (χ0v) is 13.5. The van der Waals surface area contributed by atoms with Crippen LogP contribution in [0.25, 0.3) is 0 Å². The van der Waals surface area contributed by atoms with Crippen molar-refractivity contribution in [1.29, 1.82) is 0 Å². The van der Waals surface area contributed by atoms with Crippen LogP contribution in [0.4, 0.5) is 11.9 Å². The summed E-state index contributed by atoms with van der Waals surface area (Å²) in [6.45, 7) is 4.75. The molecule has 2 aromatic heterocycles. The summed E-state index contributed by atoms with van der Waals surface area (Å²) in [6, 6.07) is 0. The van der Waals surface area contributed by atoms with Gasteiger partial charge in [0, 0.05) is 44.1 Å². The summed E-state index contributed by atoms with van der Waals surface area (Å²) >= 11 is 1.18. The average molecular weight is 308 g/mol. The van der Waals surface area contributed by atoms with E-state index in [1.165, 1.54) is 11.3 Å². The van der Waals surface area contributed by atoms with Gasteiger partial charge < -0.3 is 15.2 Å². The number of H-pyrrole nitrogens is 1. The van der Waals surface area contributed by atoms with E-state index in [0.717, 1.165) is 17.9 Å². The van der Waals surface area contributed by atoms with Crippen molar-refractivity contribution in [3.63, 3.8) is 0 Å². The van der Waals surface area contributed by atoms with Crippen LogP contribution >= 0.6 is 11.3 Å². The second kappa shape index (κ2) is 6.66. The third-order valence-electron chi connectivity index (χ3n) is 2.81. The molecule has 0 fully saturated rings. The van der Waals surface area contributed by atoms with Crippen LogP contribution in [-0.2, 0) is 6.42 Å². The van der Waals surface area contributed by atoms with E-state index in [0.29, 0.717) is 18.4 Å². The molecular formula is C13H20N6OS. The lowest BCUT2D eigenvalue weighted by Gasteiger charge is -2.14. The average Bonchev–Trinajstić information content (AvgIpc) is 2.84. The lowest BCUT2D eigenvalue weighted by Crippen LogP contribution is -2.18. The van der Waals surface area contributed by atoms with E-state index in [2.05, 4.69) is 39.1 Å². The summed E-state index contributed by atoms with van der Waals surface area (Å²) in [4.78, 5) is 28.9. The first-order valence-corrected chi connectivity index (χ1v) is 7.67. The fourth-order valence-electron chi connectivity index (χ4n) is 1.66. The van der Waals surface area contributed by atoms with Crippen LogP contribution in [0.15, 0.2) is 10.2 Å². The minimum absolute atomic E-state index is 0.0258. The third kappa shape index (κ3) is 4.25. The van der Waals surface area contributed by atoms with Crippen LogP contribution in [-0.4, -0.2) is 40.6 Å². The topological polar surface area (TPSA) is 86.8 Å². The first-order chi connectivity index (χ1) is 9.95. The number of hydrogen-bond acceptors (Lipinski definition) is 7. The number of aromatic nitrogens is 4. The molecule has 0 unspecified atom stereocenters. The molecule has 0 radical (unpaired) electrons. The van der Waals surface area contributed by atoms with Gasteiger partial charge in [-0.05, 0) is 0 Å². The highest BCUT2D eigenvalue weighted by Gasteiger charge is 2.10. The number of rotatable bonds is 6. The third-order valence-corrected chi connectivity index (χ3v) is 3.52. The molecule has 0 saturated heterocycles. The molecule has 0 bridgehead atoms. The maximum absolute atomic E-state index is 11.1. The van der Waals surface area contributed by atoms with E-state index in [4.69, 9.17) is 0 Å². The monoisotopic (exact) mass is 308 g/mol. The fourth-order valence-corrected chi connectivity index (χ4v) is 2.28. The van der Waals surface area contributed by atoms with E-state index >= 15 is 0 Å². The van der Waals surface area contributed by atoms with Gasteiger partial charge in [-0.3, -0.25) is 4.79 Å². The number of nitrogens with zero attached hydrogens (tertiary/aromatic N) is 4. The lowest BCUT2D eigenvalue weighted by atomic mass is 10.2. The number of anilines is 2. The first kappa shape index (κ1) is 15.4. The summed E-state index contributed by atoms with van der Waals surface area (Å²) in [5.41, 5.74) is 0.920. The van der Waals surface area contributed by atoms with Crippen LogP contribution in [0.2, 0.25) is 0 Å². The quantitative estimate of drug-likeness (QED) is 0.840. The molecule has 0 aliphatic heterocycles. The van der Waals surface area contributed by atoms with Crippen molar-refractivity contribution in [1.82, 2.24) is 19.9 Å². The van der Waals surface area contributed by atoms with Gasteiger partial charge in [-0.25, -0.2) is 0 Å². The van der Waals surface area contributed by atoms with Crippen LogP contribution in [0.5, 0.6) is 0 Å². The molecular weight excluding hydrogens is 288 g/mol. The summed E-state index contributed by atoms with van der Waals surface area (Å²) in [5.74, 6) is 2.20. The smallest absolute Gasteiger partial charge is 0.304 e. The van der Waals surface area contributed by atoms with Gasteiger partial charge >= 0.3 is 4.87 Å². The second-order valence-corrected chi connectivity index (χ2v) is 6.06. The predicted molar refractivity (Wildman–Crippen MR) is 85.4 cm³/mol. The highest BCUT2D eigenvalue weighted by atomic mass is 32.1. The molecule has 0 spiro atoms. The van der Waals surface area contributed by atoms with Crippen LogP contribution in [0, 0.1) is 0 Å². The van der Waals surface area contributed by atoms with Crippen molar-refractivity contribution < 1.29 is 0 Å². The Labute approximate surface area is 127 Å². The van der Waals surface area contributed by atoms with Gasteiger partial charge in [0.25, 0.3) is 0 Å². The Morgan fingerprint density at radius 3 is 2.67 bits per heavy atom. The Balaban J connectivity index is 2.06. The Kier molecular flexibility index (Phi) is 4.89. The molecule has 114 valence electrons. The normalized spacial score (nSPS) is 10.9. The van der Waals surface area contributed by atoms with Gasteiger partial charge in [-0.2, -0.15) is 15.0 Å². The molecule has 21 heavy (non-hydrogen) atoms. The second-order valence-electron chi connectivity index (χ2n) is 5.22. The molecule has 2 rings (SSSR count). The van der Waals surface area contributed by atoms with E-state index in [9.17, 15) is 4.79 Å². The van der Waals surface area contributed by atoms with E-state index in [1.807, 2.05) is 24.4 Å². The Bertz CT molecular complexity index is 622. The SMILES string of the molecule is CC(C)c1nc(NCCc2csc(=O)[nH]2)nc(N(C)C)n1. The highest BCUT2D eigenvalue weighted by molar-refractivity contribution is 7.07. The molecule has 2 N–H and O–H groups in total. The van der Waals surface area contributed by atoms with Gasteiger partial charge in [0.2, 0.25) is 11.9 Å². The zero-order chi connectivity index (χ0) is 15.4. The lowest BCUT2D eigenvalue weighted by molar-refractivity contribution is 0.753. The number of nitrogens with one attached hydrogen (secondary N) is 2. The summed E-state index contributed by atoms with van der Waals surface area (Å²) in [7, 11) is 3.80. The number of thiazole rings is 1. The minimum atomic E-state index is -0.0258. The largest absolute Gasteiger partial charge is 0.354 e. The molecule has 2 heterocycles. The molecule has 8 heteroatoms. The minimum Gasteiger partial charge on any atom is -0.354 e. The molecule has 0 aliphatic carbocycles. The first-order valence-electron chi connectivity index (χ1n) is 6.79. The molecule has 7 nitrogen and oxygen atoms in total. The van der Waals surface area contributed by atoms with E-state index in [1.54, 1.807) is 0 Å². The molecule has 2 aromatic rings.